The van der Waals surface area contributed by atoms with Gasteiger partial charge in [-0.25, -0.2) is 0 Å². The van der Waals surface area contributed by atoms with Gasteiger partial charge in [-0.1, -0.05) is 44.6 Å². The topological polar surface area (TPSA) is 49.3 Å². The van der Waals surface area contributed by atoms with E-state index in [1.807, 2.05) is 25.1 Å². The lowest BCUT2D eigenvalue weighted by molar-refractivity contribution is 0.0946. The fourth-order valence-corrected chi connectivity index (χ4v) is 2.07. The number of hydrogen-bond acceptors (Lipinski definition) is 2. The Balaban J connectivity index is 2.79. The van der Waals surface area contributed by atoms with Crippen LogP contribution in [0.4, 0.5) is 0 Å². The third-order valence-electron chi connectivity index (χ3n) is 3.66. The Morgan fingerprint density at radius 2 is 2.05 bits per heavy atom. The van der Waals surface area contributed by atoms with Crippen LogP contribution in [0.1, 0.15) is 54.6 Å². The molecule has 0 fully saturated rings. The van der Waals surface area contributed by atoms with Gasteiger partial charge in [-0.05, 0) is 30.5 Å². The first kappa shape index (κ1) is 17.3. The maximum absolute atomic E-state index is 12.3. The number of amides is 1. The molecule has 0 aliphatic rings. The Morgan fingerprint density at radius 1 is 1.33 bits per heavy atom. The zero-order valence-corrected chi connectivity index (χ0v) is 13.2. The molecule has 0 aromatic heterocycles. The summed E-state index contributed by atoms with van der Waals surface area (Å²) in [5, 5.41) is 11.7. The number of nitrogens with one attached hydrogen (secondary N) is 1. The van der Waals surface area contributed by atoms with Crippen molar-refractivity contribution in [2.45, 2.75) is 40.0 Å². The maximum atomic E-state index is 12.3. The normalized spacial score (nSPS) is 10.1. The van der Waals surface area contributed by atoms with Gasteiger partial charge >= 0.3 is 0 Å². The standard InChI is InChI=1S/C18H25NO2/c1-4-15(5-2)13-19-18(21)17-12-16(8-6-7-11-20)10-9-14(17)3/h9-10,12,15,20H,4-5,7,11,13H2,1-3H3,(H,19,21). The molecule has 2 N–H and O–H groups in total. The van der Waals surface area contributed by atoms with Crippen LogP contribution in [0.25, 0.3) is 0 Å². The Labute approximate surface area is 127 Å². The highest BCUT2D eigenvalue weighted by Crippen LogP contribution is 2.12. The quantitative estimate of drug-likeness (QED) is 0.790. The number of carbonyl (C=O) groups excluding carboxylic acids is 1. The summed E-state index contributed by atoms with van der Waals surface area (Å²) < 4.78 is 0. The lowest BCUT2D eigenvalue weighted by Gasteiger charge is -2.14. The third kappa shape index (κ3) is 5.61. The number of aliphatic hydroxyl groups is 1. The van der Waals surface area contributed by atoms with Crippen molar-refractivity contribution in [1.82, 2.24) is 5.32 Å². The van der Waals surface area contributed by atoms with E-state index in [0.29, 0.717) is 24.4 Å². The van der Waals surface area contributed by atoms with E-state index < -0.39 is 0 Å². The number of hydrogen-bond donors (Lipinski definition) is 2. The fourth-order valence-electron chi connectivity index (χ4n) is 2.07. The molecule has 0 saturated carbocycles. The molecule has 0 saturated heterocycles. The summed E-state index contributed by atoms with van der Waals surface area (Å²) >= 11 is 0. The second kappa shape index (κ2) is 9.20. The predicted molar refractivity (Wildman–Crippen MR) is 86.2 cm³/mol. The van der Waals surface area contributed by atoms with Gasteiger partial charge in [-0.3, -0.25) is 4.79 Å². The van der Waals surface area contributed by atoms with E-state index in [4.69, 9.17) is 5.11 Å². The highest BCUT2D eigenvalue weighted by molar-refractivity contribution is 5.96. The summed E-state index contributed by atoms with van der Waals surface area (Å²) in [5.74, 6) is 6.33. The Hall–Kier alpha value is -1.79. The molecule has 114 valence electrons. The van der Waals surface area contributed by atoms with Crippen LogP contribution >= 0.6 is 0 Å². The van der Waals surface area contributed by atoms with E-state index >= 15 is 0 Å². The van der Waals surface area contributed by atoms with Crippen molar-refractivity contribution >= 4 is 5.91 Å². The van der Waals surface area contributed by atoms with Crippen LogP contribution in [-0.4, -0.2) is 24.2 Å². The van der Waals surface area contributed by atoms with Gasteiger partial charge in [-0.15, -0.1) is 0 Å². The van der Waals surface area contributed by atoms with Crippen LogP contribution in [-0.2, 0) is 0 Å². The van der Waals surface area contributed by atoms with Gasteiger partial charge in [0.25, 0.3) is 5.91 Å². The van der Waals surface area contributed by atoms with Gasteiger partial charge in [0, 0.05) is 24.1 Å². The monoisotopic (exact) mass is 287 g/mol. The van der Waals surface area contributed by atoms with E-state index in [9.17, 15) is 4.79 Å². The van der Waals surface area contributed by atoms with E-state index in [0.717, 1.165) is 24.0 Å². The number of aryl methyl sites for hydroxylation is 1. The van der Waals surface area contributed by atoms with Crippen molar-refractivity contribution in [3.8, 4) is 11.8 Å². The molecule has 3 heteroatoms. The number of benzene rings is 1. The molecule has 21 heavy (non-hydrogen) atoms. The SMILES string of the molecule is CCC(CC)CNC(=O)c1cc(C#CCCO)ccc1C. The van der Waals surface area contributed by atoms with Crippen molar-refractivity contribution in [3.05, 3.63) is 34.9 Å². The van der Waals surface area contributed by atoms with E-state index in [1.54, 1.807) is 0 Å². The molecule has 0 heterocycles. The molecule has 1 rings (SSSR count). The van der Waals surface area contributed by atoms with E-state index in [-0.39, 0.29) is 12.5 Å². The van der Waals surface area contributed by atoms with Crippen LogP contribution in [0, 0.1) is 24.7 Å². The van der Waals surface area contributed by atoms with Crippen LogP contribution in [0.3, 0.4) is 0 Å². The summed E-state index contributed by atoms with van der Waals surface area (Å²) in [6.45, 7) is 6.98. The largest absolute Gasteiger partial charge is 0.395 e. The fraction of sp³-hybridized carbons (Fsp3) is 0.500. The van der Waals surface area contributed by atoms with Crippen molar-refractivity contribution < 1.29 is 9.90 Å². The first-order valence-corrected chi connectivity index (χ1v) is 7.60. The van der Waals surface area contributed by atoms with Gasteiger partial charge in [0.1, 0.15) is 0 Å². The highest BCUT2D eigenvalue weighted by Gasteiger charge is 2.11. The maximum Gasteiger partial charge on any atom is 0.251 e. The van der Waals surface area contributed by atoms with Gasteiger partial charge in [0.05, 0.1) is 6.61 Å². The molecule has 0 radical (unpaired) electrons. The zero-order chi connectivity index (χ0) is 15.7. The minimum atomic E-state index is -0.0368. The van der Waals surface area contributed by atoms with Crippen molar-refractivity contribution in [2.24, 2.45) is 5.92 Å². The molecule has 3 nitrogen and oxygen atoms in total. The summed E-state index contributed by atoms with van der Waals surface area (Å²) in [5.41, 5.74) is 2.43. The highest BCUT2D eigenvalue weighted by atomic mass is 16.2. The lowest BCUT2D eigenvalue weighted by Crippen LogP contribution is -2.29. The Kier molecular flexibility index (Phi) is 7.56. The molecule has 1 aromatic rings. The number of aliphatic hydroxyl groups excluding tert-OH is 1. The average molecular weight is 287 g/mol. The summed E-state index contributed by atoms with van der Waals surface area (Å²) in [6, 6.07) is 5.63. The molecule has 0 bridgehead atoms. The number of carbonyl (C=O) groups is 1. The first-order valence-electron chi connectivity index (χ1n) is 7.60. The van der Waals surface area contributed by atoms with E-state index in [2.05, 4.69) is 31.0 Å². The van der Waals surface area contributed by atoms with Crippen LogP contribution in [0.15, 0.2) is 18.2 Å². The first-order chi connectivity index (χ1) is 10.1. The van der Waals surface area contributed by atoms with E-state index in [1.165, 1.54) is 0 Å². The molecular weight excluding hydrogens is 262 g/mol. The number of rotatable bonds is 6. The lowest BCUT2D eigenvalue weighted by atomic mass is 10.0. The van der Waals surface area contributed by atoms with Gasteiger partial charge < -0.3 is 10.4 Å². The predicted octanol–water partition coefficient (Wildman–Crippen LogP) is 2.89. The summed E-state index contributed by atoms with van der Waals surface area (Å²) in [4.78, 5) is 12.3. The smallest absolute Gasteiger partial charge is 0.251 e. The zero-order valence-electron chi connectivity index (χ0n) is 13.2. The Bertz CT molecular complexity index is 522. The van der Waals surface area contributed by atoms with Crippen LogP contribution in [0.2, 0.25) is 0 Å². The van der Waals surface area contributed by atoms with Crippen molar-refractivity contribution in [1.29, 1.82) is 0 Å². The molecular formula is C18H25NO2. The molecule has 1 amide bonds. The molecule has 1 aromatic carbocycles. The minimum absolute atomic E-state index is 0.0368. The molecule has 0 atom stereocenters. The third-order valence-corrected chi connectivity index (χ3v) is 3.66. The molecule has 0 spiro atoms. The molecule has 0 aliphatic heterocycles. The Morgan fingerprint density at radius 3 is 2.67 bits per heavy atom. The molecule has 0 aliphatic carbocycles. The minimum Gasteiger partial charge on any atom is -0.395 e. The van der Waals surface area contributed by atoms with Crippen molar-refractivity contribution in [3.63, 3.8) is 0 Å². The van der Waals surface area contributed by atoms with Gasteiger partial charge in [0.2, 0.25) is 0 Å². The summed E-state index contributed by atoms with van der Waals surface area (Å²) in [7, 11) is 0. The van der Waals surface area contributed by atoms with Gasteiger partial charge in [-0.2, -0.15) is 0 Å². The average Bonchev–Trinajstić information content (AvgIpc) is 2.50. The van der Waals surface area contributed by atoms with Gasteiger partial charge in [0.15, 0.2) is 0 Å². The van der Waals surface area contributed by atoms with Crippen LogP contribution < -0.4 is 5.32 Å². The van der Waals surface area contributed by atoms with Crippen molar-refractivity contribution in [2.75, 3.05) is 13.2 Å². The summed E-state index contributed by atoms with van der Waals surface area (Å²) in [6.07, 6.45) is 2.59. The second-order valence-corrected chi connectivity index (χ2v) is 5.20. The van der Waals surface area contributed by atoms with Crippen LogP contribution in [0.5, 0.6) is 0 Å². The second-order valence-electron chi connectivity index (χ2n) is 5.20. The molecule has 0 unspecified atom stereocenters.